The maximum atomic E-state index is 12.6. The molecular weight excluding hydrogens is 392 g/mol. The molecule has 0 atom stereocenters. The number of ether oxygens (including phenoxy) is 1. The third kappa shape index (κ3) is 7.80. The van der Waals surface area contributed by atoms with E-state index in [1.54, 1.807) is 0 Å². The Morgan fingerprint density at radius 2 is 1.44 bits per heavy atom. The first kappa shape index (κ1) is 24.6. The van der Waals surface area contributed by atoms with Gasteiger partial charge in [-0.25, -0.2) is 4.79 Å². The Kier molecular flexibility index (Phi) is 10.3. The Morgan fingerprint density at radius 3 is 2.09 bits per heavy atom. The number of benzene rings is 2. The molecule has 0 heterocycles. The van der Waals surface area contributed by atoms with E-state index in [2.05, 4.69) is 38.1 Å². The van der Waals surface area contributed by atoms with Gasteiger partial charge in [-0.05, 0) is 85.8 Å². The number of carbonyl (C=O) groups is 1. The minimum Gasteiger partial charge on any atom is -0.423 e. The summed E-state index contributed by atoms with van der Waals surface area (Å²) < 4.78 is 5.61. The summed E-state index contributed by atoms with van der Waals surface area (Å²) >= 11 is 0. The van der Waals surface area contributed by atoms with Crippen molar-refractivity contribution in [1.29, 1.82) is 0 Å². The fourth-order valence-corrected chi connectivity index (χ4v) is 5.00. The van der Waals surface area contributed by atoms with Crippen molar-refractivity contribution in [2.45, 2.75) is 103 Å². The zero-order valence-electron chi connectivity index (χ0n) is 20.3. The first-order chi connectivity index (χ1) is 15.7. The molecule has 0 spiro atoms. The number of hydrogen-bond acceptors (Lipinski definition) is 2. The van der Waals surface area contributed by atoms with Crippen molar-refractivity contribution in [3.05, 3.63) is 65.2 Å². The zero-order valence-corrected chi connectivity index (χ0v) is 20.3. The minimum absolute atomic E-state index is 0.271. The average Bonchev–Trinajstić information content (AvgIpc) is 2.83. The molecule has 2 heteroatoms. The van der Waals surface area contributed by atoms with Gasteiger partial charge in [0.15, 0.2) is 0 Å². The van der Waals surface area contributed by atoms with Gasteiger partial charge in [-0.15, -0.1) is 0 Å². The van der Waals surface area contributed by atoms with Crippen LogP contribution in [-0.4, -0.2) is 5.97 Å². The number of esters is 1. The Labute approximate surface area is 195 Å². The van der Waals surface area contributed by atoms with Gasteiger partial charge in [0.1, 0.15) is 5.75 Å². The van der Waals surface area contributed by atoms with Gasteiger partial charge in [-0.2, -0.15) is 0 Å². The van der Waals surface area contributed by atoms with Crippen molar-refractivity contribution in [1.82, 2.24) is 0 Å². The molecule has 2 aromatic carbocycles. The highest BCUT2D eigenvalue weighted by molar-refractivity contribution is 5.91. The molecule has 0 saturated heterocycles. The standard InChI is InChI=1S/C30H42O2/c1-3-5-7-9-11-25-14-22-29(23-15-25)32-30(31)28-20-18-27(19-21-28)26-16-12-24(13-17-26)10-8-6-4-2/h14-15,18-24,26H,3-13,16-17H2,1-2H3. The first-order valence-electron chi connectivity index (χ1n) is 13.1. The van der Waals surface area contributed by atoms with Crippen LogP contribution in [0.25, 0.3) is 0 Å². The molecule has 0 aromatic heterocycles. The molecule has 0 N–H and O–H groups in total. The topological polar surface area (TPSA) is 26.3 Å². The Morgan fingerprint density at radius 1 is 0.781 bits per heavy atom. The van der Waals surface area contributed by atoms with Gasteiger partial charge in [-0.1, -0.05) is 83.1 Å². The van der Waals surface area contributed by atoms with E-state index in [1.165, 1.54) is 88.2 Å². The summed E-state index contributed by atoms with van der Waals surface area (Å²) in [5.74, 6) is 1.92. The van der Waals surface area contributed by atoms with E-state index >= 15 is 0 Å². The SMILES string of the molecule is CCCCCCc1ccc(OC(=O)c2ccc(C3CCC(CCCCC)CC3)cc2)cc1. The summed E-state index contributed by atoms with van der Waals surface area (Å²) in [5, 5.41) is 0. The van der Waals surface area contributed by atoms with Gasteiger partial charge < -0.3 is 4.74 Å². The number of rotatable bonds is 12. The molecule has 2 nitrogen and oxygen atoms in total. The normalized spacial score (nSPS) is 18.4. The van der Waals surface area contributed by atoms with Crippen LogP contribution < -0.4 is 4.74 Å². The van der Waals surface area contributed by atoms with Gasteiger partial charge in [0.05, 0.1) is 5.56 Å². The molecule has 0 radical (unpaired) electrons. The van der Waals surface area contributed by atoms with Crippen molar-refractivity contribution in [2.24, 2.45) is 5.92 Å². The van der Waals surface area contributed by atoms with Crippen LogP contribution in [0.5, 0.6) is 5.75 Å². The summed E-state index contributed by atoms with van der Waals surface area (Å²) in [7, 11) is 0. The third-order valence-electron chi connectivity index (χ3n) is 7.13. The molecule has 2 aromatic rings. The lowest BCUT2D eigenvalue weighted by molar-refractivity contribution is 0.0734. The van der Waals surface area contributed by atoms with Crippen LogP contribution in [0.15, 0.2) is 48.5 Å². The van der Waals surface area contributed by atoms with Gasteiger partial charge in [0.2, 0.25) is 0 Å². The van der Waals surface area contributed by atoms with E-state index in [-0.39, 0.29) is 5.97 Å². The zero-order chi connectivity index (χ0) is 22.6. The molecule has 174 valence electrons. The van der Waals surface area contributed by atoms with Crippen molar-refractivity contribution in [3.8, 4) is 5.75 Å². The molecule has 0 unspecified atom stereocenters. The smallest absolute Gasteiger partial charge is 0.343 e. The monoisotopic (exact) mass is 434 g/mol. The van der Waals surface area contributed by atoms with E-state index < -0.39 is 0 Å². The quantitative estimate of drug-likeness (QED) is 0.189. The molecule has 0 aliphatic heterocycles. The number of unbranched alkanes of at least 4 members (excludes halogenated alkanes) is 5. The molecule has 3 rings (SSSR count). The maximum Gasteiger partial charge on any atom is 0.343 e. The summed E-state index contributed by atoms with van der Waals surface area (Å²) in [5.41, 5.74) is 3.32. The highest BCUT2D eigenvalue weighted by Crippen LogP contribution is 2.37. The van der Waals surface area contributed by atoms with E-state index in [4.69, 9.17) is 4.74 Å². The van der Waals surface area contributed by atoms with E-state index in [0.717, 1.165) is 12.3 Å². The predicted molar refractivity (Wildman–Crippen MR) is 135 cm³/mol. The molecule has 0 amide bonds. The summed E-state index contributed by atoms with van der Waals surface area (Å²) in [4.78, 5) is 12.6. The largest absolute Gasteiger partial charge is 0.423 e. The lowest BCUT2D eigenvalue weighted by Crippen LogP contribution is -2.14. The Bertz CT molecular complexity index is 783. The fourth-order valence-electron chi connectivity index (χ4n) is 5.00. The molecule has 1 aliphatic rings. The minimum atomic E-state index is -0.271. The average molecular weight is 435 g/mol. The van der Waals surface area contributed by atoms with Gasteiger partial charge >= 0.3 is 5.97 Å². The van der Waals surface area contributed by atoms with E-state index in [1.807, 2.05) is 24.3 Å². The molecule has 1 saturated carbocycles. The second-order valence-electron chi connectivity index (χ2n) is 9.68. The van der Waals surface area contributed by atoms with Crippen molar-refractivity contribution < 1.29 is 9.53 Å². The molecule has 1 aliphatic carbocycles. The second-order valence-corrected chi connectivity index (χ2v) is 9.68. The second kappa shape index (κ2) is 13.5. The van der Waals surface area contributed by atoms with Crippen molar-refractivity contribution >= 4 is 5.97 Å². The lowest BCUT2D eigenvalue weighted by Gasteiger charge is -2.29. The Hall–Kier alpha value is -2.09. The Balaban J connectivity index is 1.45. The molecule has 32 heavy (non-hydrogen) atoms. The summed E-state index contributed by atoms with van der Waals surface area (Å²) in [6.45, 7) is 4.51. The highest BCUT2D eigenvalue weighted by Gasteiger charge is 2.22. The van der Waals surface area contributed by atoms with Crippen molar-refractivity contribution in [2.75, 3.05) is 0 Å². The van der Waals surface area contributed by atoms with Crippen LogP contribution >= 0.6 is 0 Å². The maximum absolute atomic E-state index is 12.6. The van der Waals surface area contributed by atoms with Crippen LogP contribution in [0.3, 0.4) is 0 Å². The molecule has 1 fully saturated rings. The van der Waals surface area contributed by atoms with Gasteiger partial charge in [0.25, 0.3) is 0 Å². The predicted octanol–water partition coefficient (Wildman–Crippen LogP) is 8.88. The van der Waals surface area contributed by atoms with Crippen LogP contribution in [0.1, 0.15) is 118 Å². The number of carbonyl (C=O) groups excluding carboxylic acids is 1. The van der Waals surface area contributed by atoms with E-state index in [0.29, 0.717) is 17.2 Å². The molecule has 0 bridgehead atoms. The summed E-state index contributed by atoms with van der Waals surface area (Å²) in [6.07, 6.45) is 16.9. The van der Waals surface area contributed by atoms with Crippen LogP contribution in [0.2, 0.25) is 0 Å². The van der Waals surface area contributed by atoms with E-state index in [9.17, 15) is 4.79 Å². The highest BCUT2D eigenvalue weighted by atomic mass is 16.5. The van der Waals surface area contributed by atoms with Crippen LogP contribution in [0.4, 0.5) is 0 Å². The van der Waals surface area contributed by atoms with Gasteiger partial charge in [0, 0.05) is 0 Å². The molecular formula is C30H42O2. The summed E-state index contributed by atoms with van der Waals surface area (Å²) in [6, 6.07) is 16.1. The van der Waals surface area contributed by atoms with Crippen molar-refractivity contribution in [3.63, 3.8) is 0 Å². The van der Waals surface area contributed by atoms with Crippen LogP contribution in [-0.2, 0) is 6.42 Å². The number of aryl methyl sites for hydroxylation is 1. The first-order valence-corrected chi connectivity index (χ1v) is 13.1. The van der Waals surface area contributed by atoms with Crippen LogP contribution in [0, 0.1) is 5.92 Å². The third-order valence-corrected chi connectivity index (χ3v) is 7.13. The fraction of sp³-hybridized carbons (Fsp3) is 0.567. The number of hydrogen-bond donors (Lipinski definition) is 0. The van der Waals surface area contributed by atoms with Gasteiger partial charge in [-0.3, -0.25) is 0 Å². The lowest BCUT2D eigenvalue weighted by atomic mass is 9.77.